The molecule has 0 aliphatic carbocycles. The van der Waals surface area contributed by atoms with Crippen LogP contribution >= 0.6 is 0 Å². The molecule has 1 unspecified atom stereocenters. The molecule has 2 saturated heterocycles. The van der Waals surface area contributed by atoms with Crippen LogP contribution in [0.1, 0.15) is 37.8 Å². The second-order valence-corrected chi connectivity index (χ2v) is 6.73. The molecule has 0 spiro atoms. The molecule has 1 aromatic rings. The molecule has 1 aromatic carbocycles. The van der Waals surface area contributed by atoms with Crippen molar-refractivity contribution in [2.24, 2.45) is 0 Å². The van der Waals surface area contributed by atoms with Gasteiger partial charge in [0.05, 0.1) is 6.54 Å². The van der Waals surface area contributed by atoms with Crippen LogP contribution in [0.4, 0.5) is 0 Å². The molecule has 126 valence electrons. The monoisotopic (exact) mass is 315 g/mol. The van der Waals surface area contributed by atoms with Crippen LogP contribution in [0.25, 0.3) is 0 Å². The molecule has 0 radical (unpaired) electrons. The van der Waals surface area contributed by atoms with Crippen LogP contribution in [-0.2, 0) is 4.79 Å². The van der Waals surface area contributed by atoms with Crippen LogP contribution < -0.4 is 0 Å². The highest BCUT2D eigenvalue weighted by Crippen LogP contribution is 2.25. The number of nitrogens with zero attached hydrogens (tertiary/aromatic N) is 3. The number of hydrogen-bond donors (Lipinski definition) is 0. The normalized spacial score (nSPS) is 21.5. The molecule has 3 rings (SSSR count). The van der Waals surface area contributed by atoms with Crippen molar-refractivity contribution in [2.75, 3.05) is 45.8 Å². The van der Waals surface area contributed by atoms with Gasteiger partial charge in [0.15, 0.2) is 0 Å². The fourth-order valence-corrected chi connectivity index (χ4v) is 3.87. The maximum absolute atomic E-state index is 12.3. The van der Waals surface area contributed by atoms with Crippen molar-refractivity contribution in [3.8, 4) is 0 Å². The quantitative estimate of drug-likeness (QED) is 0.835. The summed E-state index contributed by atoms with van der Waals surface area (Å²) in [5.74, 6) is 0.325. The SMILES string of the molecule is CCC(c1ccccc1)N1CCN(CC(=O)N2CCCC2)CC1. The Morgan fingerprint density at radius 3 is 2.26 bits per heavy atom. The predicted molar refractivity (Wildman–Crippen MR) is 93.3 cm³/mol. The van der Waals surface area contributed by atoms with E-state index in [0.29, 0.717) is 18.5 Å². The van der Waals surface area contributed by atoms with Crippen molar-refractivity contribution in [2.45, 2.75) is 32.2 Å². The van der Waals surface area contributed by atoms with Crippen molar-refractivity contribution >= 4 is 5.91 Å². The number of benzene rings is 1. The first-order valence-electron chi connectivity index (χ1n) is 9.07. The molecule has 4 heteroatoms. The van der Waals surface area contributed by atoms with E-state index < -0.39 is 0 Å². The highest BCUT2D eigenvalue weighted by molar-refractivity contribution is 5.78. The van der Waals surface area contributed by atoms with E-state index in [4.69, 9.17) is 0 Å². The zero-order valence-electron chi connectivity index (χ0n) is 14.3. The maximum Gasteiger partial charge on any atom is 0.236 e. The van der Waals surface area contributed by atoms with Gasteiger partial charge in [0, 0.05) is 45.3 Å². The third-order valence-corrected chi connectivity index (χ3v) is 5.24. The van der Waals surface area contributed by atoms with E-state index in [1.165, 1.54) is 18.4 Å². The summed E-state index contributed by atoms with van der Waals surface area (Å²) in [5.41, 5.74) is 1.41. The lowest BCUT2D eigenvalue weighted by Gasteiger charge is -2.39. The van der Waals surface area contributed by atoms with Crippen molar-refractivity contribution in [3.05, 3.63) is 35.9 Å². The summed E-state index contributed by atoms with van der Waals surface area (Å²) in [6.45, 7) is 8.92. The van der Waals surface area contributed by atoms with E-state index in [1.807, 2.05) is 4.90 Å². The van der Waals surface area contributed by atoms with Gasteiger partial charge in [0.25, 0.3) is 0 Å². The van der Waals surface area contributed by atoms with Gasteiger partial charge < -0.3 is 4.90 Å². The lowest BCUT2D eigenvalue weighted by atomic mass is 10.0. The minimum absolute atomic E-state index is 0.325. The Hall–Kier alpha value is -1.39. The second-order valence-electron chi connectivity index (χ2n) is 6.73. The van der Waals surface area contributed by atoms with E-state index in [9.17, 15) is 4.79 Å². The number of rotatable bonds is 5. The van der Waals surface area contributed by atoms with Gasteiger partial charge in [-0.15, -0.1) is 0 Å². The first-order valence-corrected chi connectivity index (χ1v) is 9.07. The highest BCUT2D eigenvalue weighted by Gasteiger charge is 2.26. The molecule has 4 nitrogen and oxygen atoms in total. The summed E-state index contributed by atoms with van der Waals surface area (Å²) >= 11 is 0. The molecule has 0 aromatic heterocycles. The minimum atomic E-state index is 0.325. The van der Waals surface area contributed by atoms with Crippen molar-refractivity contribution in [1.82, 2.24) is 14.7 Å². The molecule has 2 aliphatic heterocycles. The van der Waals surface area contributed by atoms with Crippen LogP contribution in [0, 0.1) is 0 Å². The molecule has 2 fully saturated rings. The maximum atomic E-state index is 12.3. The molecule has 0 N–H and O–H groups in total. The average molecular weight is 315 g/mol. The minimum Gasteiger partial charge on any atom is -0.342 e. The Morgan fingerprint density at radius 1 is 1.00 bits per heavy atom. The number of piperazine rings is 1. The number of amides is 1. The van der Waals surface area contributed by atoms with Gasteiger partial charge in [-0.1, -0.05) is 37.3 Å². The highest BCUT2D eigenvalue weighted by atomic mass is 16.2. The molecule has 2 aliphatic rings. The third-order valence-electron chi connectivity index (χ3n) is 5.24. The van der Waals surface area contributed by atoms with Crippen LogP contribution in [0.15, 0.2) is 30.3 Å². The Kier molecular flexibility index (Phi) is 5.68. The predicted octanol–water partition coefficient (Wildman–Crippen LogP) is 2.38. The molecule has 1 atom stereocenters. The molecule has 2 heterocycles. The fourth-order valence-electron chi connectivity index (χ4n) is 3.87. The molecule has 23 heavy (non-hydrogen) atoms. The zero-order chi connectivity index (χ0) is 16.1. The number of carbonyl (C=O) groups is 1. The Balaban J connectivity index is 1.50. The first kappa shape index (κ1) is 16.5. The van der Waals surface area contributed by atoms with Crippen LogP contribution in [0.2, 0.25) is 0 Å². The smallest absolute Gasteiger partial charge is 0.236 e. The Morgan fingerprint density at radius 2 is 1.65 bits per heavy atom. The van der Waals surface area contributed by atoms with E-state index in [-0.39, 0.29) is 0 Å². The average Bonchev–Trinajstić information content (AvgIpc) is 3.13. The summed E-state index contributed by atoms with van der Waals surface area (Å²) < 4.78 is 0. The van der Waals surface area contributed by atoms with Crippen molar-refractivity contribution in [3.63, 3.8) is 0 Å². The second kappa shape index (κ2) is 7.93. The van der Waals surface area contributed by atoms with Crippen molar-refractivity contribution < 1.29 is 4.79 Å². The third kappa shape index (κ3) is 4.12. The molecular weight excluding hydrogens is 286 g/mol. The van der Waals surface area contributed by atoms with Gasteiger partial charge in [0.2, 0.25) is 5.91 Å². The van der Waals surface area contributed by atoms with E-state index in [1.54, 1.807) is 0 Å². The fraction of sp³-hybridized carbons (Fsp3) is 0.632. The van der Waals surface area contributed by atoms with Gasteiger partial charge in [-0.3, -0.25) is 14.6 Å². The summed E-state index contributed by atoms with van der Waals surface area (Å²) in [4.78, 5) is 19.2. The van der Waals surface area contributed by atoms with Crippen LogP contribution in [-0.4, -0.2) is 66.4 Å². The van der Waals surface area contributed by atoms with Gasteiger partial charge in [-0.2, -0.15) is 0 Å². The first-order chi connectivity index (χ1) is 11.3. The summed E-state index contributed by atoms with van der Waals surface area (Å²) in [6, 6.07) is 11.3. The lowest BCUT2D eigenvalue weighted by Crippen LogP contribution is -2.50. The van der Waals surface area contributed by atoms with Crippen molar-refractivity contribution in [1.29, 1.82) is 0 Å². The van der Waals surface area contributed by atoms with E-state index in [0.717, 1.165) is 45.7 Å². The number of hydrogen-bond acceptors (Lipinski definition) is 3. The molecule has 0 bridgehead atoms. The van der Waals surface area contributed by atoms with Crippen LogP contribution in [0.3, 0.4) is 0 Å². The van der Waals surface area contributed by atoms with Gasteiger partial charge >= 0.3 is 0 Å². The molecule has 0 saturated carbocycles. The van der Waals surface area contributed by atoms with E-state index >= 15 is 0 Å². The topological polar surface area (TPSA) is 26.8 Å². The van der Waals surface area contributed by atoms with Gasteiger partial charge in [-0.25, -0.2) is 0 Å². The summed E-state index contributed by atoms with van der Waals surface area (Å²) in [6.07, 6.45) is 3.49. The van der Waals surface area contributed by atoms with Gasteiger partial charge in [-0.05, 0) is 24.8 Å². The summed E-state index contributed by atoms with van der Waals surface area (Å²) in [7, 11) is 0. The summed E-state index contributed by atoms with van der Waals surface area (Å²) in [5, 5.41) is 0. The zero-order valence-corrected chi connectivity index (χ0v) is 14.3. The standard InChI is InChI=1S/C19H29N3O/c1-2-18(17-8-4-3-5-9-17)21-14-12-20(13-15-21)16-19(23)22-10-6-7-11-22/h3-5,8-9,18H,2,6-7,10-16H2,1H3. The van der Waals surface area contributed by atoms with Gasteiger partial charge in [0.1, 0.15) is 0 Å². The Labute approximate surface area is 140 Å². The largest absolute Gasteiger partial charge is 0.342 e. The number of carbonyl (C=O) groups excluding carboxylic acids is 1. The molecular formula is C19H29N3O. The Bertz CT molecular complexity index is 491. The number of likely N-dealkylation sites (tertiary alicyclic amines) is 1. The molecule has 1 amide bonds. The van der Waals surface area contributed by atoms with Crippen LogP contribution in [0.5, 0.6) is 0 Å². The van der Waals surface area contributed by atoms with E-state index in [2.05, 4.69) is 47.1 Å². The lowest BCUT2D eigenvalue weighted by molar-refractivity contribution is -0.131.